The molecule has 1 saturated carbocycles. The van der Waals surface area contributed by atoms with E-state index in [1.54, 1.807) is 48.7 Å². The summed E-state index contributed by atoms with van der Waals surface area (Å²) in [6.45, 7) is 0.606. The molecule has 0 bridgehead atoms. The van der Waals surface area contributed by atoms with Gasteiger partial charge in [0, 0.05) is 11.6 Å². The van der Waals surface area contributed by atoms with Crippen molar-refractivity contribution < 1.29 is 9.53 Å². The number of amides is 1. The minimum absolute atomic E-state index is 0.142. The maximum absolute atomic E-state index is 13.4. The third kappa shape index (κ3) is 4.55. The van der Waals surface area contributed by atoms with Crippen LogP contribution >= 0.6 is 0 Å². The number of nitrogens with one attached hydrogen (secondary N) is 1. The number of carbonyl (C=O) groups excluding carboxylic acids is 1. The quantitative estimate of drug-likeness (QED) is 0.443. The Morgan fingerprint density at radius 2 is 1.68 bits per heavy atom. The summed E-state index contributed by atoms with van der Waals surface area (Å²) in [6.07, 6.45) is 7.70. The standard InChI is InChI=1S/C27H26N4O3/c32-26(29-25-23(16-9-17-28-25)34-18-19-10-3-1-4-11-19)24-21-14-7-8-15-22(21)27(33)31(30-24)20-12-5-2-6-13-20/h2,5-9,12-17,19H,1,3-4,10-11,18H2,(H,28,29,32). The van der Waals surface area contributed by atoms with E-state index in [2.05, 4.69) is 15.4 Å². The Balaban J connectivity index is 1.47. The van der Waals surface area contributed by atoms with Crippen molar-refractivity contribution in [3.8, 4) is 11.4 Å². The van der Waals surface area contributed by atoms with Crippen LogP contribution in [0.3, 0.4) is 0 Å². The van der Waals surface area contributed by atoms with Gasteiger partial charge in [0.25, 0.3) is 11.5 Å². The van der Waals surface area contributed by atoms with E-state index in [4.69, 9.17) is 4.74 Å². The van der Waals surface area contributed by atoms with Gasteiger partial charge in [-0.05, 0) is 49.1 Å². The molecule has 1 aliphatic carbocycles. The number of nitrogens with zero attached hydrogens (tertiary/aromatic N) is 3. The number of hydrogen-bond acceptors (Lipinski definition) is 5. The molecule has 1 amide bonds. The third-order valence-corrected chi connectivity index (χ3v) is 6.22. The zero-order valence-corrected chi connectivity index (χ0v) is 18.8. The molecule has 0 unspecified atom stereocenters. The minimum atomic E-state index is -0.456. The summed E-state index contributed by atoms with van der Waals surface area (Å²) in [4.78, 5) is 30.8. The number of carbonyl (C=O) groups is 1. The van der Waals surface area contributed by atoms with E-state index < -0.39 is 5.91 Å². The maximum atomic E-state index is 13.4. The van der Waals surface area contributed by atoms with Crippen LogP contribution < -0.4 is 15.6 Å². The van der Waals surface area contributed by atoms with Gasteiger partial charge in [-0.3, -0.25) is 9.59 Å². The van der Waals surface area contributed by atoms with Crippen LogP contribution in [-0.4, -0.2) is 27.3 Å². The molecular formula is C27H26N4O3. The van der Waals surface area contributed by atoms with Gasteiger partial charge in [0.1, 0.15) is 0 Å². The number of rotatable bonds is 6. The minimum Gasteiger partial charge on any atom is -0.489 e. The Bertz CT molecular complexity index is 1360. The van der Waals surface area contributed by atoms with E-state index in [1.165, 1.54) is 36.8 Å². The first-order chi connectivity index (χ1) is 16.7. The van der Waals surface area contributed by atoms with Crippen LogP contribution in [0.25, 0.3) is 16.5 Å². The number of pyridine rings is 1. The molecule has 2 aromatic heterocycles. The topological polar surface area (TPSA) is 86.1 Å². The molecule has 0 aliphatic heterocycles. The van der Waals surface area contributed by atoms with Crippen LogP contribution in [0.2, 0.25) is 0 Å². The van der Waals surface area contributed by atoms with Gasteiger partial charge < -0.3 is 10.1 Å². The molecule has 1 N–H and O–H groups in total. The first-order valence-electron chi connectivity index (χ1n) is 11.7. The van der Waals surface area contributed by atoms with Crippen LogP contribution in [0.4, 0.5) is 5.82 Å². The van der Waals surface area contributed by atoms with E-state index in [0.717, 1.165) is 0 Å². The predicted octanol–water partition coefficient (Wildman–Crippen LogP) is 4.99. The van der Waals surface area contributed by atoms with Gasteiger partial charge in [-0.15, -0.1) is 0 Å². The van der Waals surface area contributed by atoms with Crippen molar-refractivity contribution in [3.63, 3.8) is 0 Å². The van der Waals surface area contributed by atoms with Gasteiger partial charge in [0.05, 0.1) is 17.7 Å². The van der Waals surface area contributed by atoms with Crippen molar-refractivity contribution in [2.75, 3.05) is 11.9 Å². The molecule has 34 heavy (non-hydrogen) atoms. The Morgan fingerprint density at radius 3 is 2.47 bits per heavy atom. The lowest BCUT2D eigenvalue weighted by molar-refractivity contribution is 0.102. The van der Waals surface area contributed by atoms with Crippen LogP contribution in [0.5, 0.6) is 5.75 Å². The molecule has 0 atom stereocenters. The zero-order valence-electron chi connectivity index (χ0n) is 18.8. The lowest BCUT2D eigenvalue weighted by atomic mass is 9.90. The van der Waals surface area contributed by atoms with E-state index >= 15 is 0 Å². The second-order valence-electron chi connectivity index (χ2n) is 8.57. The average molecular weight is 455 g/mol. The smallest absolute Gasteiger partial charge is 0.279 e. The van der Waals surface area contributed by atoms with E-state index in [1.807, 2.05) is 24.3 Å². The molecule has 0 saturated heterocycles. The number of ether oxygens (including phenoxy) is 1. The van der Waals surface area contributed by atoms with Gasteiger partial charge in [0.2, 0.25) is 0 Å². The molecule has 0 radical (unpaired) electrons. The van der Waals surface area contributed by atoms with Gasteiger partial charge in [0.15, 0.2) is 17.3 Å². The van der Waals surface area contributed by atoms with Crippen LogP contribution in [0, 0.1) is 5.92 Å². The Hall–Kier alpha value is -4.00. The molecule has 2 heterocycles. The first kappa shape index (κ1) is 21.8. The lowest BCUT2D eigenvalue weighted by Crippen LogP contribution is -2.26. The SMILES string of the molecule is O=C(Nc1ncccc1OCC1CCCCC1)c1nn(-c2ccccc2)c(=O)c2ccccc12. The third-order valence-electron chi connectivity index (χ3n) is 6.22. The Morgan fingerprint density at radius 1 is 0.941 bits per heavy atom. The van der Waals surface area contributed by atoms with E-state index in [-0.39, 0.29) is 11.3 Å². The average Bonchev–Trinajstić information content (AvgIpc) is 2.89. The van der Waals surface area contributed by atoms with Crippen LogP contribution in [-0.2, 0) is 0 Å². The summed E-state index contributed by atoms with van der Waals surface area (Å²) in [6, 6.07) is 19.6. The highest BCUT2D eigenvalue weighted by Gasteiger charge is 2.20. The monoisotopic (exact) mass is 454 g/mol. The van der Waals surface area contributed by atoms with Crippen molar-refractivity contribution in [2.24, 2.45) is 5.92 Å². The molecule has 1 fully saturated rings. The molecule has 172 valence electrons. The van der Waals surface area contributed by atoms with Crippen molar-refractivity contribution in [1.82, 2.24) is 14.8 Å². The summed E-state index contributed by atoms with van der Waals surface area (Å²) < 4.78 is 7.32. The van der Waals surface area contributed by atoms with Crippen molar-refractivity contribution in [2.45, 2.75) is 32.1 Å². The Kier molecular flexibility index (Phi) is 6.33. The summed E-state index contributed by atoms with van der Waals surface area (Å²) in [5.74, 6) is 0.938. The number of aromatic nitrogens is 3. The molecule has 2 aromatic carbocycles. The second kappa shape index (κ2) is 9.87. The highest BCUT2D eigenvalue weighted by Crippen LogP contribution is 2.27. The molecule has 0 spiro atoms. The predicted molar refractivity (Wildman–Crippen MR) is 132 cm³/mol. The van der Waals surface area contributed by atoms with Gasteiger partial charge in [-0.1, -0.05) is 55.7 Å². The molecular weight excluding hydrogens is 428 g/mol. The van der Waals surface area contributed by atoms with E-state index in [9.17, 15) is 9.59 Å². The second-order valence-corrected chi connectivity index (χ2v) is 8.57. The number of hydrogen-bond donors (Lipinski definition) is 1. The fourth-order valence-electron chi connectivity index (χ4n) is 4.43. The maximum Gasteiger partial charge on any atom is 0.279 e. The number of fused-ring (bicyclic) bond motifs is 1. The summed E-state index contributed by atoms with van der Waals surface area (Å²) in [5, 5.41) is 8.19. The molecule has 7 nitrogen and oxygen atoms in total. The fraction of sp³-hybridized carbons (Fsp3) is 0.259. The summed E-state index contributed by atoms with van der Waals surface area (Å²) >= 11 is 0. The fourth-order valence-corrected chi connectivity index (χ4v) is 4.43. The summed E-state index contributed by atoms with van der Waals surface area (Å²) in [7, 11) is 0. The van der Waals surface area contributed by atoms with Crippen LogP contribution in [0.1, 0.15) is 42.6 Å². The molecule has 1 aliphatic rings. The lowest BCUT2D eigenvalue weighted by Gasteiger charge is -2.22. The zero-order chi connectivity index (χ0) is 23.3. The highest BCUT2D eigenvalue weighted by atomic mass is 16.5. The molecule has 4 aromatic rings. The molecule has 5 rings (SSSR count). The van der Waals surface area contributed by atoms with Crippen molar-refractivity contribution in [3.05, 3.63) is 89.0 Å². The number of benzene rings is 2. The van der Waals surface area contributed by atoms with Crippen LogP contribution in [0.15, 0.2) is 77.7 Å². The van der Waals surface area contributed by atoms with Gasteiger partial charge in [-0.25, -0.2) is 4.98 Å². The van der Waals surface area contributed by atoms with Gasteiger partial charge >= 0.3 is 0 Å². The van der Waals surface area contributed by atoms with Crippen molar-refractivity contribution in [1.29, 1.82) is 0 Å². The normalized spacial score (nSPS) is 14.1. The summed E-state index contributed by atoms with van der Waals surface area (Å²) in [5.41, 5.74) is 0.442. The Labute approximate surface area is 197 Å². The van der Waals surface area contributed by atoms with Gasteiger partial charge in [-0.2, -0.15) is 9.78 Å². The van der Waals surface area contributed by atoms with Crippen molar-refractivity contribution >= 4 is 22.5 Å². The van der Waals surface area contributed by atoms with E-state index in [0.29, 0.717) is 40.6 Å². The largest absolute Gasteiger partial charge is 0.489 e. The molecule has 7 heteroatoms. The first-order valence-corrected chi connectivity index (χ1v) is 11.7. The number of para-hydroxylation sites is 1. The number of anilines is 1. The highest BCUT2D eigenvalue weighted by molar-refractivity contribution is 6.11.